The Labute approximate surface area is 122 Å². The number of rotatable bonds is 2. The smallest absolute Gasteiger partial charge is 0.194 e. The first-order chi connectivity index (χ1) is 9.66. The van der Waals surface area contributed by atoms with Crippen LogP contribution < -0.4 is 9.47 Å². The molecule has 0 fully saturated rings. The van der Waals surface area contributed by atoms with Gasteiger partial charge >= 0.3 is 0 Å². The van der Waals surface area contributed by atoms with Gasteiger partial charge in [0.15, 0.2) is 17.3 Å². The van der Waals surface area contributed by atoms with Gasteiger partial charge in [-0.2, -0.15) is 0 Å². The average Bonchev–Trinajstić information content (AvgIpc) is 2.49. The minimum Gasteiger partial charge on any atom is -0.486 e. The maximum absolute atomic E-state index is 12.5. The molecular weight excluding hydrogens is 276 g/mol. The predicted octanol–water partition coefficient (Wildman–Crippen LogP) is 3.65. The van der Waals surface area contributed by atoms with Crippen LogP contribution in [0.25, 0.3) is 0 Å². The van der Waals surface area contributed by atoms with Crippen LogP contribution in [-0.2, 0) is 0 Å². The highest BCUT2D eigenvalue weighted by molar-refractivity contribution is 6.35. The second kappa shape index (κ2) is 5.17. The Morgan fingerprint density at radius 3 is 2.65 bits per heavy atom. The highest BCUT2D eigenvalue weighted by Gasteiger charge is 2.18. The van der Waals surface area contributed by atoms with Crippen molar-refractivity contribution in [3.05, 3.63) is 58.1 Å². The number of ether oxygens (including phenoxy) is 2. The van der Waals surface area contributed by atoms with Crippen molar-refractivity contribution in [3.63, 3.8) is 0 Å². The van der Waals surface area contributed by atoms with Crippen molar-refractivity contribution in [3.8, 4) is 11.5 Å². The van der Waals surface area contributed by atoms with E-state index in [4.69, 9.17) is 21.1 Å². The Balaban J connectivity index is 2.00. The Morgan fingerprint density at radius 1 is 1.10 bits per heavy atom. The summed E-state index contributed by atoms with van der Waals surface area (Å²) in [7, 11) is 0. The Bertz CT molecular complexity index is 679. The quantitative estimate of drug-likeness (QED) is 0.791. The van der Waals surface area contributed by atoms with Crippen molar-refractivity contribution in [1.82, 2.24) is 0 Å². The van der Waals surface area contributed by atoms with Gasteiger partial charge in [0.05, 0.1) is 5.02 Å². The van der Waals surface area contributed by atoms with Crippen molar-refractivity contribution in [2.75, 3.05) is 13.2 Å². The molecule has 0 N–H and O–H groups in total. The van der Waals surface area contributed by atoms with E-state index >= 15 is 0 Å². The zero-order chi connectivity index (χ0) is 14.1. The number of hydrogen-bond donors (Lipinski definition) is 0. The molecule has 0 aliphatic carbocycles. The van der Waals surface area contributed by atoms with E-state index in [0.717, 1.165) is 5.56 Å². The van der Waals surface area contributed by atoms with Gasteiger partial charge in [-0.1, -0.05) is 23.7 Å². The third-order valence-corrected chi connectivity index (χ3v) is 3.74. The number of benzene rings is 2. The maximum Gasteiger partial charge on any atom is 0.194 e. The molecule has 3 nitrogen and oxygen atoms in total. The van der Waals surface area contributed by atoms with Crippen LogP contribution in [0.15, 0.2) is 36.4 Å². The molecule has 0 saturated heterocycles. The fraction of sp³-hybridized carbons (Fsp3) is 0.188. The van der Waals surface area contributed by atoms with E-state index in [2.05, 4.69) is 0 Å². The lowest BCUT2D eigenvalue weighted by Gasteiger charge is -2.18. The molecule has 0 unspecified atom stereocenters. The summed E-state index contributed by atoms with van der Waals surface area (Å²) in [6.45, 7) is 2.91. The summed E-state index contributed by atoms with van der Waals surface area (Å²) >= 11 is 6.20. The normalized spacial score (nSPS) is 13.1. The zero-order valence-electron chi connectivity index (χ0n) is 11.0. The average molecular weight is 289 g/mol. The number of carbonyl (C=O) groups excluding carboxylic acids is 1. The number of carbonyl (C=O) groups is 1. The summed E-state index contributed by atoms with van der Waals surface area (Å²) in [5.41, 5.74) is 1.93. The SMILES string of the molecule is Cc1cccc(C(=O)c2ccc3c(c2)OCCO3)c1Cl. The van der Waals surface area contributed by atoms with E-state index in [1.54, 1.807) is 24.3 Å². The predicted molar refractivity (Wildman–Crippen MR) is 77.1 cm³/mol. The number of ketones is 1. The highest BCUT2D eigenvalue weighted by atomic mass is 35.5. The molecule has 1 aliphatic rings. The van der Waals surface area contributed by atoms with Gasteiger partial charge < -0.3 is 9.47 Å². The lowest BCUT2D eigenvalue weighted by atomic mass is 10.0. The first-order valence-corrected chi connectivity index (χ1v) is 6.74. The molecule has 1 heterocycles. The lowest BCUT2D eigenvalue weighted by molar-refractivity contribution is 0.103. The largest absolute Gasteiger partial charge is 0.486 e. The van der Waals surface area contributed by atoms with Crippen LogP contribution in [0.2, 0.25) is 5.02 Å². The molecule has 2 aromatic carbocycles. The van der Waals surface area contributed by atoms with Gasteiger partial charge in [-0.05, 0) is 36.8 Å². The lowest BCUT2D eigenvalue weighted by Crippen LogP contribution is -2.16. The molecule has 0 spiro atoms. The fourth-order valence-electron chi connectivity index (χ4n) is 2.16. The van der Waals surface area contributed by atoms with Gasteiger partial charge in [-0.25, -0.2) is 0 Å². The summed E-state index contributed by atoms with van der Waals surface area (Å²) in [5.74, 6) is 1.16. The van der Waals surface area contributed by atoms with Crippen LogP contribution in [0.5, 0.6) is 11.5 Å². The van der Waals surface area contributed by atoms with Crippen molar-refractivity contribution >= 4 is 17.4 Å². The van der Waals surface area contributed by atoms with Gasteiger partial charge in [0, 0.05) is 11.1 Å². The molecular formula is C16H13ClO3. The van der Waals surface area contributed by atoms with E-state index in [1.165, 1.54) is 0 Å². The third-order valence-electron chi connectivity index (χ3n) is 3.24. The van der Waals surface area contributed by atoms with Crippen molar-refractivity contribution in [2.45, 2.75) is 6.92 Å². The Kier molecular flexibility index (Phi) is 3.36. The fourth-order valence-corrected chi connectivity index (χ4v) is 2.37. The Morgan fingerprint density at radius 2 is 1.85 bits per heavy atom. The summed E-state index contributed by atoms with van der Waals surface area (Å²) in [6, 6.07) is 10.6. The van der Waals surface area contributed by atoms with Crippen LogP contribution in [0.1, 0.15) is 21.5 Å². The first-order valence-electron chi connectivity index (χ1n) is 6.36. The van der Waals surface area contributed by atoms with E-state index < -0.39 is 0 Å². The molecule has 4 heteroatoms. The summed E-state index contributed by atoms with van der Waals surface area (Å²) < 4.78 is 10.9. The van der Waals surface area contributed by atoms with Crippen LogP contribution in [0.4, 0.5) is 0 Å². The number of aryl methyl sites for hydroxylation is 1. The van der Waals surface area contributed by atoms with Crippen LogP contribution >= 0.6 is 11.6 Å². The molecule has 20 heavy (non-hydrogen) atoms. The number of fused-ring (bicyclic) bond motifs is 1. The molecule has 1 aliphatic heterocycles. The minimum atomic E-state index is -0.115. The zero-order valence-corrected chi connectivity index (χ0v) is 11.7. The molecule has 0 bridgehead atoms. The maximum atomic E-state index is 12.5. The molecule has 0 radical (unpaired) electrons. The van der Waals surface area contributed by atoms with Crippen molar-refractivity contribution in [1.29, 1.82) is 0 Å². The van der Waals surface area contributed by atoms with E-state index in [9.17, 15) is 4.79 Å². The first kappa shape index (κ1) is 13.0. The summed E-state index contributed by atoms with van der Waals surface area (Å²) in [6.07, 6.45) is 0. The molecule has 0 amide bonds. The molecule has 2 aromatic rings. The highest BCUT2D eigenvalue weighted by Crippen LogP contribution is 2.32. The van der Waals surface area contributed by atoms with E-state index in [0.29, 0.717) is 40.9 Å². The van der Waals surface area contributed by atoms with Gasteiger partial charge in [-0.15, -0.1) is 0 Å². The second-order valence-electron chi connectivity index (χ2n) is 4.62. The van der Waals surface area contributed by atoms with Gasteiger partial charge in [-0.3, -0.25) is 4.79 Å². The van der Waals surface area contributed by atoms with Crippen molar-refractivity contribution < 1.29 is 14.3 Å². The van der Waals surface area contributed by atoms with Crippen LogP contribution in [-0.4, -0.2) is 19.0 Å². The Hall–Kier alpha value is -2.00. The standard InChI is InChI=1S/C16H13ClO3/c1-10-3-2-4-12(15(10)17)16(18)11-5-6-13-14(9-11)20-8-7-19-13/h2-6,9H,7-8H2,1H3. The van der Waals surface area contributed by atoms with Crippen molar-refractivity contribution in [2.24, 2.45) is 0 Å². The molecule has 102 valence electrons. The molecule has 0 aromatic heterocycles. The van der Waals surface area contributed by atoms with Crippen LogP contribution in [0, 0.1) is 6.92 Å². The molecule has 0 saturated carbocycles. The van der Waals surface area contributed by atoms with Gasteiger partial charge in [0.25, 0.3) is 0 Å². The minimum absolute atomic E-state index is 0.115. The van der Waals surface area contributed by atoms with E-state index in [-0.39, 0.29) is 5.78 Å². The second-order valence-corrected chi connectivity index (χ2v) is 5.00. The van der Waals surface area contributed by atoms with Gasteiger partial charge in [0.2, 0.25) is 0 Å². The van der Waals surface area contributed by atoms with E-state index in [1.807, 2.05) is 19.1 Å². The van der Waals surface area contributed by atoms with Gasteiger partial charge in [0.1, 0.15) is 13.2 Å². The third kappa shape index (κ3) is 2.25. The number of hydrogen-bond acceptors (Lipinski definition) is 3. The summed E-state index contributed by atoms with van der Waals surface area (Å²) in [5, 5.41) is 0.493. The monoisotopic (exact) mass is 288 g/mol. The molecule has 0 atom stereocenters. The molecule has 3 rings (SSSR count). The number of halogens is 1. The van der Waals surface area contributed by atoms with Crippen LogP contribution in [0.3, 0.4) is 0 Å². The topological polar surface area (TPSA) is 35.5 Å². The summed E-state index contributed by atoms with van der Waals surface area (Å²) in [4.78, 5) is 12.5.